The Kier molecular flexibility index (Phi) is 7.38. The summed E-state index contributed by atoms with van der Waals surface area (Å²) in [6.45, 7) is 0.894. The van der Waals surface area contributed by atoms with Crippen LogP contribution in [0, 0.1) is 11.7 Å². The molecule has 2 aromatic carbocycles. The Morgan fingerprint density at radius 3 is 2.50 bits per heavy atom. The monoisotopic (exact) mass is 451 g/mol. The van der Waals surface area contributed by atoms with E-state index in [1.54, 1.807) is 11.8 Å². The molecule has 1 aliphatic heterocycles. The first kappa shape index (κ1) is 22.6. The van der Waals surface area contributed by atoms with Crippen molar-refractivity contribution >= 4 is 33.6 Å². The van der Waals surface area contributed by atoms with Crippen LogP contribution in [0.1, 0.15) is 18.4 Å². The summed E-state index contributed by atoms with van der Waals surface area (Å²) >= 11 is 1.66. The minimum absolute atomic E-state index is 0.130. The summed E-state index contributed by atoms with van der Waals surface area (Å²) in [5.41, 5.74) is 1.37. The first-order valence-corrected chi connectivity index (χ1v) is 12.3. The molecule has 30 heavy (non-hydrogen) atoms. The molecule has 162 valence electrons. The van der Waals surface area contributed by atoms with Crippen molar-refractivity contribution in [1.82, 2.24) is 9.62 Å². The molecule has 1 unspecified atom stereocenters. The molecule has 3 rings (SSSR count). The molecule has 1 amide bonds. The Morgan fingerprint density at radius 2 is 1.87 bits per heavy atom. The average molecular weight is 452 g/mol. The predicted molar refractivity (Wildman–Crippen MR) is 118 cm³/mol. The Hall–Kier alpha value is -2.10. The van der Waals surface area contributed by atoms with Crippen LogP contribution < -0.4 is 9.62 Å². The molecule has 2 aromatic rings. The van der Waals surface area contributed by atoms with Crippen molar-refractivity contribution in [2.45, 2.75) is 24.3 Å². The zero-order valence-electron chi connectivity index (χ0n) is 17.0. The van der Waals surface area contributed by atoms with Gasteiger partial charge in [0, 0.05) is 31.6 Å². The number of piperidine rings is 1. The van der Waals surface area contributed by atoms with Gasteiger partial charge < -0.3 is 5.32 Å². The fraction of sp³-hybridized carbons (Fsp3) is 0.381. The van der Waals surface area contributed by atoms with Gasteiger partial charge in [0.25, 0.3) is 0 Å². The normalized spacial score (nSPS) is 17.5. The molecule has 1 saturated heterocycles. The zero-order chi connectivity index (χ0) is 21.7. The van der Waals surface area contributed by atoms with Crippen LogP contribution in [-0.4, -0.2) is 45.0 Å². The summed E-state index contributed by atoms with van der Waals surface area (Å²) in [6.07, 6.45) is 3.26. The van der Waals surface area contributed by atoms with Gasteiger partial charge in [0.2, 0.25) is 5.91 Å². The van der Waals surface area contributed by atoms with E-state index in [9.17, 15) is 17.6 Å². The third kappa shape index (κ3) is 5.33. The second-order valence-corrected chi connectivity index (χ2v) is 10.1. The Balaban J connectivity index is 1.61. The highest BCUT2D eigenvalue weighted by atomic mass is 32.2. The number of benzene rings is 2. The standard InChI is InChI=1S/C21H26FN3O3S2/c1-24(19-9-7-18(22)8-10-19)30(27,28)25-13-3-4-17(15-25)21(26)23-14-16-5-11-20(29-2)12-6-16/h5-12,17H,3-4,13-15H2,1-2H3,(H,23,26). The zero-order valence-corrected chi connectivity index (χ0v) is 18.7. The predicted octanol–water partition coefficient (Wildman–Crippen LogP) is 3.26. The molecule has 6 nitrogen and oxygen atoms in total. The molecular formula is C21H26FN3O3S2. The summed E-state index contributed by atoms with van der Waals surface area (Å²) in [5, 5.41) is 2.92. The topological polar surface area (TPSA) is 69.7 Å². The molecule has 0 aliphatic carbocycles. The fourth-order valence-corrected chi connectivity index (χ4v) is 5.27. The highest BCUT2D eigenvalue weighted by Crippen LogP contribution is 2.24. The first-order valence-electron chi connectivity index (χ1n) is 9.71. The number of nitrogens with one attached hydrogen (secondary N) is 1. The number of anilines is 1. The van der Waals surface area contributed by atoms with Gasteiger partial charge in [-0.2, -0.15) is 12.7 Å². The van der Waals surface area contributed by atoms with Crippen LogP contribution in [0.2, 0.25) is 0 Å². The molecule has 0 spiro atoms. The van der Waals surface area contributed by atoms with E-state index in [1.165, 1.54) is 35.6 Å². The number of hydrogen-bond acceptors (Lipinski definition) is 4. The van der Waals surface area contributed by atoms with Crippen molar-refractivity contribution in [3.63, 3.8) is 0 Å². The van der Waals surface area contributed by atoms with Gasteiger partial charge in [-0.1, -0.05) is 12.1 Å². The second-order valence-electron chi connectivity index (χ2n) is 7.21. The molecular weight excluding hydrogens is 425 g/mol. The van der Waals surface area contributed by atoms with E-state index in [2.05, 4.69) is 5.32 Å². The third-order valence-electron chi connectivity index (χ3n) is 5.24. The highest BCUT2D eigenvalue weighted by Gasteiger charge is 2.34. The van der Waals surface area contributed by atoms with Crippen molar-refractivity contribution in [3.8, 4) is 0 Å². The molecule has 9 heteroatoms. The third-order valence-corrected chi connectivity index (χ3v) is 7.87. The second kappa shape index (κ2) is 9.80. The number of carbonyl (C=O) groups excluding carboxylic acids is 1. The summed E-state index contributed by atoms with van der Waals surface area (Å²) in [4.78, 5) is 13.8. The van der Waals surface area contributed by atoms with E-state index >= 15 is 0 Å². The Labute approximate surface area is 181 Å². The van der Waals surface area contributed by atoms with Crippen molar-refractivity contribution in [2.24, 2.45) is 5.92 Å². The van der Waals surface area contributed by atoms with Gasteiger partial charge >= 0.3 is 10.2 Å². The molecule has 1 fully saturated rings. The SMILES string of the molecule is CSc1ccc(CNC(=O)C2CCCN(S(=O)(=O)N(C)c3ccc(F)cc3)C2)cc1. The number of thioether (sulfide) groups is 1. The van der Waals surface area contributed by atoms with E-state index in [4.69, 9.17) is 0 Å². The molecule has 0 radical (unpaired) electrons. The minimum Gasteiger partial charge on any atom is -0.352 e. The fourth-order valence-electron chi connectivity index (χ4n) is 3.40. The van der Waals surface area contributed by atoms with Gasteiger partial charge in [-0.3, -0.25) is 9.10 Å². The Morgan fingerprint density at radius 1 is 1.20 bits per heavy atom. The van der Waals surface area contributed by atoms with Crippen LogP contribution in [0.4, 0.5) is 10.1 Å². The van der Waals surface area contributed by atoms with Crippen LogP contribution in [0.25, 0.3) is 0 Å². The number of halogens is 1. The van der Waals surface area contributed by atoms with Crippen molar-refractivity contribution in [2.75, 3.05) is 30.7 Å². The number of carbonyl (C=O) groups is 1. The lowest BCUT2D eigenvalue weighted by Crippen LogP contribution is -2.49. The number of amides is 1. The summed E-state index contributed by atoms with van der Waals surface area (Å²) in [6, 6.07) is 13.2. The first-order chi connectivity index (χ1) is 14.3. The molecule has 1 N–H and O–H groups in total. The van der Waals surface area contributed by atoms with Crippen LogP contribution in [-0.2, 0) is 21.5 Å². The van der Waals surface area contributed by atoms with E-state index in [-0.39, 0.29) is 12.5 Å². The lowest BCUT2D eigenvalue weighted by molar-refractivity contribution is -0.126. The van der Waals surface area contributed by atoms with Crippen molar-refractivity contribution in [3.05, 3.63) is 59.9 Å². The molecule has 1 heterocycles. The summed E-state index contributed by atoms with van der Waals surface area (Å²) in [7, 11) is -2.37. The van der Waals surface area contributed by atoms with Gasteiger partial charge in [0.05, 0.1) is 11.6 Å². The number of rotatable bonds is 7. The maximum absolute atomic E-state index is 13.2. The largest absolute Gasteiger partial charge is 0.352 e. The van der Waals surface area contributed by atoms with Crippen LogP contribution >= 0.6 is 11.8 Å². The van der Waals surface area contributed by atoms with Gasteiger partial charge in [0.1, 0.15) is 5.82 Å². The van der Waals surface area contributed by atoms with Crippen molar-refractivity contribution in [1.29, 1.82) is 0 Å². The lowest BCUT2D eigenvalue weighted by Gasteiger charge is -2.34. The molecule has 1 atom stereocenters. The van der Waals surface area contributed by atoms with Gasteiger partial charge in [-0.25, -0.2) is 4.39 Å². The van der Waals surface area contributed by atoms with E-state index in [0.717, 1.165) is 14.8 Å². The average Bonchev–Trinajstić information content (AvgIpc) is 2.78. The smallest absolute Gasteiger partial charge is 0.303 e. The molecule has 0 saturated carbocycles. The lowest BCUT2D eigenvalue weighted by atomic mass is 9.99. The van der Waals surface area contributed by atoms with E-state index < -0.39 is 21.9 Å². The number of hydrogen-bond donors (Lipinski definition) is 1. The highest BCUT2D eigenvalue weighted by molar-refractivity contribution is 7.98. The molecule has 0 aromatic heterocycles. The van der Waals surface area contributed by atoms with Crippen LogP contribution in [0.15, 0.2) is 53.4 Å². The molecule has 1 aliphatic rings. The van der Waals surface area contributed by atoms with Crippen LogP contribution in [0.3, 0.4) is 0 Å². The van der Waals surface area contributed by atoms with Crippen molar-refractivity contribution < 1.29 is 17.6 Å². The minimum atomic E-state index is -3.81. The summed E-state index contributed by atoms with van der Waals surface area (Å²) in [5.74, 6) is -0.976. The Bertz CT molecular complexity index is 966. The maximum Gasteiger partial charge on any atom is 0.303 e. The van der Waals surface area contributed by atoms with Gasteiger partial charge in [0.15, 0.2) is 0 Å². The van der Waals surface area contributed by atoms with Crippen LogP contribution in [0.5, 0.6) is 0 Å². The van der Waals surface area contributed by atoms with E-state index in [1.807, 2.05) is 30.5 Å². The molecule has 0 bridgehead atoms. The van der Waals surface area contributed by atoms with Gasteiger partial charge in [-0.05, 0) is 61.1 Å². The maximum atomic E-state index is 13.2. The van der Waals surface area contributed by atoms with Gasteiger partial charge in [-0.15, -0.1) is 11.8 Å². The van der Waals surface area contributed by atoms with E-state index in [0.29, 0.717) is 31.6 Å². The quantitative estimate of drug-likeness (QED) is 0.656. The number of nitrogens with zero attached hydrogens (tertiary/aromatic N) is 2. The summed E-state index contributed by atoms with van der Waals surface area (Å²) < 4.78 is 41.6.